The van der Waals surface area contributed by atoms with Crippen LogP contribution >= 0.6 is 0 Å². The SMILES string of the molecule is Cc1ccc(C2(C(=O)N3CCCC(O)(CN4CCCC4)C3)CC2)cc1. The molecule has 0 bridgehead atoms. The number of likely N-dealkylation sites (tertiary alicyclic amines) is 2. The molecule has 3 aliphatic rings. The fraction of sp³-hybridized carbons (Fsp3) is 0.667. The third kappa shape index (κ3) is 3.34. The molecule has 25 heavy (non-hydrogen) atoms. The lowest BCUT2D eigenvalue weighted by Crippen LogP contribution is -2.56. The van der Waals surface area contributed by atoms with E-state index in [1.54, 1.807) is 0 Å². The van der Waals surface area contributed by atoms with Gasteiger partial charge < -0.3 is 14.9 Å². The summed E-state index contributed by atoms with van der Waals surface area (Å²) < 4.78 is 0. The number of hydrogen-bond donors (Lipinski definition) is 1. The Morgan fingerprint density at radius 3 is 2.36 bits per heavy atom. The van der Waals surface area contributed by atoms with Gasteiger partial charge in [-0.15, -0.1) is 0 Å². The highest BCUT2D eigenvalue weighted by molar-refractivity contribution is 5.91. The Kier molecular flexibility index (Phi) is 4.37. The number of nitrogens with zero attached hydrogens (tertiary/aromatic N) is 2. The Labute approximate surface area is 150 Å². The van der Waals surface area contributed by atoms with Gasteiger partial charge in [0, 0.05) is 13.1 Å². The number of piperidine rings is 1. The van der Waals surface area contributed by atoms with Crippen molar-refractivity contribution in [2.75, 3.05) is 32.7 Å². The van der Waals surface area contributed by atoms with E-state index in [1.165, 1.54) is 18.4 Å². The molecule has 1 saturated carbocycles. The van der Waals surface area contributed by atoms with Gasteiger partial charge >= 0.3 is 0 Å². The monoisotopic (exact) mass is 342 g/mol. The molecular formula is C21H30N2O2. The third-order valence-corrected chi connectivity index (χ3v) is 6.32. The number of rotatable bonds is 4. The second-order valence-corrected chi connectivity index (χ2v) is 8.49. The van der Waals surface area contributed by atoms with Crippen molar-refractivity contribution in [3.63, 3.8) is 0 Å². The van der Waals surface area contributed by atoms with Crippen LogP contribution in [0.25, 0.3) is 0 Å². The van der Waals surface area contributed by atoms with Crippen LogP contribution in [0.4, 0.5) is 0 Å². The molecule has 4 rings (SSSR count). The first-order valence-electron chi connectivity index (χ1n) is 9.82. The molecule has 4 nitrogen and oxygen atoms in total. The molecule has 0 radical (unpaired) electrons. The van der Waals surface area contributed by atoms with Crippen LogP contribution in [0.15, 0.2) is 24.3 Å². The van der Waals surface area contributed by atoms with Gasteiger partial charge in [-0.1, -0.05) is 29.8 Å². The summed E-state index contributed by atoms with van der Waals surface area (Å²) in [6.07, 6.45) is 6.06. The molecule has 1 aliphatic carbocycles. The van der Waals surface area contributed by atoms with E-state index in [2.05, 4.69) is 36.1 Å². The van der Waals surface area contributed by atoms with Crippen LogP contribution in [-0.2, 0) is 10.2 Å². The summed E-state index contributed by atoms with van der Waals surface area (Å²) in [7, 11) is 0. The predicted octanol–water partition coefficient (Wildman–Crippen LogP) is 2.48. The smallest absolute Gasteiger partial charge is 0.233 e. The van der Waals surface area contributed by atoms with E-state index in [0.717, 1.165) is 50.9 Å². The van der Waals surface area contributed by atoms with Crippen LogP contribution in [0.2, 0.25) is 0 Å². The van der Waals surface area contributed by atoms with Crippen molar-refractivity contribution in [1.29, 1.82) is 0 Å². The molecule has 1 amide bonds. The fourth-order valence-electron chi connectivity index (χ4n) is 4.70. The first kappa shape index (κ1) is 17.0. The molecule has 0 spiro atoms. The molecule has 1 unspecified atom stereocenters. The van der Waals surface area contributed by atoms with Crippen molar-refractivity contribution in [3.8, 4) is 0 Å². The Morgan fingerprint density at radius 1 is 1.04 bits per heavy atom. The largest absolute Gasteiger partial charge is 0.387 e. The normalized spacial score (nSPS) is 29.0. The average Bonchev–Trinajstić information content (AvgIpc) is 3.26. The Bertz CT molecular complexity index is 632. The lowest BCUT2D eigenvalue weighted by atomic mass is 9.88. The number of aryl methyl sites for hydroxylation is 1. The lowest BCUT2D eigenvalue weighted by Gasteiger charge is -2.42. The molecule has 2 aliphatic heterocycles. The number of amides is 1. The average molecular weight is 342 g/mol. The topological polar surface area (TPSA) is 43.8 Å². The summed E-state index contributed by atoms with van der Waals surface area (Å²) in [5.41, 5.74) is 1.32. The zero-order valence-corrected chi connectivity index (χ0v) is 15.3. The van der Waals surface area contributed by atoms with Crippen LogP contribution in [0.3, 0.4) is 0 Å². The van der Waals surface area contributed by atoms with Crippen molar-refractivity contribution >= 4 is 5.91 Å². The van der Waals surface area contributed by atoms with Crippen LogP contribution in [0.5, 0.6) is 0 Å². The number of aliphatic hydroxyl groups is 1. The van der Waals surface area contributed by atoms with E-state index in [1.807, 2.05) is 4.90 Å². The van der Waals surface area contributed by atoms with Gasteiger partial charge in [-0.3, -0.25) is 4.79 Å². The van der Waals surface area contributed by atoms with Crippen LogP contribution < -0.4 is 0 Å². The first-order valence-corrected chi connectivity index (χ1v) is 9.82. The molecule has 1 aromatic carbocycles. The summed E-state index contributed by atoms with van der Waals surface area (Å²) in [6, 6.07) is 8.42. The summed E-state index contributed by atoms with van der Waals surface area (Å²) in [5.74, 6) is 0.232. The Hall–Kier alpha value is -1.39. The van der Waals surface area contributed by atoms with E-state index in [9.17, 15) is 9.90 Å². The van der Waals surface area contributed by atoms with E-state index in [-0.39, 0.29) is 11.3 Å². The molecule has 1 N–H and O–H groups in total. The summed E-state index contributed by atoms with van der Waals surface area (Å²) in [5, 5.41) is 11.1. The molecule has 2 heterocycles. The van der Waals surface area contributed by atoms with Gasteiger partial charge in [-0.25, -0.2) is 0 Å². The Morgan fingerprint density at radius 2 is 1.72 bits per heavy atom. The molecule has 0 aromatic heterocycles. The van der Waals surface area contributed by atoms with E-state index >= 15 is 0 Å². The third-order valence-electron chi connectivity index (χ3n) is 6.32. The maximum atomic E-state index is 13.3. The van der Waals surface area contributed by atoms with E-state index in [0.29, 0.717) is 13.1 Å². The molecule has 4 heteroatoms. The zero-order valence-electron chi connectivity index (χ0n) is 15.3. The maximum absolute atomic E-state index is 13.3. The van der Waals surface area contributed by atoms with Gasteiger partial charge in [0.2, 0.25) is 5.91 Å². The first-order chi connectivity index (χ1) is 12.0. The molecular weight excluding hydrogens is 312 g/mol. The van der Waals surface area contributed by atoms with Crippen molar-refractivity contribution in [2.45, 2.75) is 56.5 Å². The summed E-state index contributed by atoms with van der Waals surface area (Å²) >= 11 is 0. The lowest BCUT2D eigenvalue weighted by molar-refractivity contribution is -0.142. The van der Waals surface area contributed by atoms with Gasteiger partial charge in [0.1, 0.15) is 0 Å². The molecule has 136 valence electrons. The summed E-state index contributed by atoms with van der Waals surface area (Å²) in [4.78, 5) is 17.6. The number of carbonyl (C=O) groups excluding carboxylic acids is 1. The van der Waals surface area contributed by atoms with Crippen LogP contribution in [0.1, 0.15) is 49.7 Å². The Balaban J connectivity index is 1.47. The van der Waals surface area contributed by atoms with Gasteiger partial charge in [-0.05, 0) is 64.1 Å². The quantitative estimate of drug-likeness (QED) is 0.914. The molecule has 1 atom stereocenters. The van der Waals surface area contributed by atoms with Crippen molar-refractivity contribution in [2.24, 2.45) is 0 Å². The highest BCUT2D eigenvalue weighted by atomic mass is 16.3. The minimum absolute atomic E-state index is 0.232. The number of benzene rings is 1. The number of β-amino-alcohol motifs (C(OH)–C–C–N with tert-alkyl or cyclic N) is 1. The van der Waals surface area contributed by atoms with Gasteiger partial charge in [0.25, 0.3) is 0 Å². The minimum Gasteiger partial charge on any atom is -0.387 e. The number of carbonyl (C=O) groups is 1. The fourth-order valence-corrected chi connectivity index (χ4v) is 4.70. The summed E-state index contributed by atoms with van der Waals surface area (Å²) in [6.45, 7) is 6.25. The molecule has 1 aromatic rings. The minimum atomic E-state index is -0.735. The van der Waals surface area contributed by atoms with Crippen LogP contribution in [0, 0.1) is 6.92 Å². The predicted molar refractivity (Wildman–Crippen MR) is 98.5 cm³/mol. The second kappa shape index (κ2) is 6.40. The van der Waals surface area contributed by atoms with E-state index < -0.39 is 5.60 Å². The van der Waals surface area contributed by atoms with Crippen molar-refractivity contribution < 1.29 is 9.90 Å². The highest BCUT2D eigenvalue weighted by Gasteiger charge is 2.54. The zero-order chi connectivity index (χ0) is 17.5. The standard InChI is InChI=1S/C21H30N2O2/c1-17-5-7-18(8-6-17)21(10-11-21)19(24)23-14-4-9-20(25,16-23)15-22-12-2-3-13-22/h5-8,25H,2-4,9-16H2,1H3. The maximum Gasteiger partial charge on any atom is 0.233 e. The van der Waals surface area contributed by atoms with Gasteiger partial charge in [0.15, 0.2) is 0 Å². The van der Waals surface area contributed by atoms with Crippen molar-refractivity contribution in [3.05, 3.63) is 35.4 Å². The van der Waals surface area contributed by atoms with E-state index in [4.69, 9.17) is 0 Å². The van der Waals surface area contributed by atoms with Gasteiger partial charge in [-0.2, -0.15) is 0 Å². The molecule has 2 saturated heterocycles. The number of hydrogen-bond acceptors (Lipinski definition) is 3. The van der Waals surface area contributed by atoms with Gasteiger partial charge in [0.05, 0.1) is 17.6 Å². The highest BCUT2D eigenvalue weighted by Crippen LogP contribution is 2.50. The molecule has 3 fully saturated rings. The van der Waals surface area contributed by atoms with Crippen LogP contribution in [-0.4, -0.2) is 59.1 Å². The van der Waals surface area contributed by atoms with Crippen molar-refractivity contribution in [1.82, 2.24) is 9.80 Å². The second-order valence-electron chi connectivity index (χ2n) is 8.49.